The van der Waals surface area contributed by atoms with Crippen LogP contribution in [0.4, 0.5) is 4.79 Å². The van der Waals surface area contributed by atoms with E-state index < -0.39 is 5.97 Å². The Morgan fingerprint density at radius 3 is 3.00 bits per heavy atom. The van der Waals surface area contributed by atoms with Crippen LogP contribution in [-0.4, -0.2) is 40.2 Å². The highest BCUT2D eigenvalue weighted by atomic mass is 32.2. The predicted molar refractivity (Wildman–Crippen MR) is 61.6 cm³/mol. The van der Waals surface area contributed by atoms with Crippen LogP contribution in [0.15, 0.2) is 0 Å². The molecule has 2 heterocycles. The third kappa shape index (κ3) is 2.61. The summed E-state index contributed by atoms with van der Waals surface area (Å²) in [6, 6.07) is 0.440. The van der Waals surface area contributed by atoms with E-state index in [0.29, 0.717) is 5.25 Å². The van der Waals surface area contributed by atoms with Gasteiger partial charge < -0.3 is 15.7 Å². The summed E-state index contributed by atoms with van der Waals surface area (Å²) in [5.41, 5.74) is 0. The van der Waals surface area contributed by atoms with Gasteiger partial charge in [-0.25, -0.2) is 4.79 Å². The summed E-state index contributed by atoms with van der Waals surface area (Å²) in [5, 5.41) is 14.8. The number of hydrogen-bond acceptors (Lipinski definition) is 3. The summed E-state index contributed by atoms with van der Waals surface area (Å²) in [6.07, 6.45) is 2.88. The molecule has 0 radical (unpaired) electrons. The summed E-state index contributed by atoms with van der Waals surface area (Å²) in [5.74, 6) is 0.236. The zero-order valence-corrected chi connectivity index (χ0v) is 9.76. The molecule has 0 bridgehead atoms. The number of aliphatic carboxylic acids is 1. The van der Waals surface area contributed by atoms with Crippen LogP contribution in [0, 0.1) is 0 Å². The molecule has 3 atom stereocenters. The third-order valence-corrected chi connectivity index (χ3v) is 4.58. The molecular formula is C10H16N2O3S. The van der Waals surface area contributed by atoms with E-state index in [1.807, 2.05) is 11.8 Å². The van der Waals surface area contributed by atoms with Crippen LogP contribution in [0.1, 0.15) is 25.7 Å². The van der Waals surface area contributed by atoms with Crippen molar-refractivity contribution in [3.05, 3.63) is 0 Å². The molecule has 6 heteroatoms. The van der Waals surface area contributed by atoms with E-state index in [2.05, 4.69) is 10.6 Å². The number of thioether (sulfide) groups is 1. The van der Waals surface area contributed by atoms with Gasteiger partial charge in [0.2, 0.25) is 0 Å². The van der Waals surface area contributed by atoms with Gasteiger partial charge in [0.05, 0.1) is 12.1 Å². The Hall–Kier alpha value is -0.910. The van der Waals surface area contributed by atoms with Gasteiger partial charge in [0.25, 0.3) is 0 Å². The lowest BCUT2D eigenvalue weighted by molar-refractivity contribution is -0.137. The van der Waals surface area contributed by atoms with Gasteiger partial charge in [-0.2, -0.15) is 11.8 Å². The smallest absolute Gasteiger partial charge is 0.315 e. The minimum absolute atomic E-state index is 0.0640. The van der Waals surface area contributed by atoms with E-state index >= 15 is 0 Å². The van der Waals surface area contributed by atoms with Crippen LogP contribution in [0.25, 0.3) is 0 Å². The van der Waals surface area contributed by atoms with Gasteiger partial charge >= 0.3 is 12.0 Å². The van der Waals surface area contributed by atoms with Crippen LogP contribution >= 0.6 is 11.8 Å². The zero-order valence-electron chi connectivity index (χ0n) is 8.94. The molecule has 0 aromatic rings. The van der Waals surface area contributed by atoms with E-state index in [0.717, 1.165) is 25.0 Å². The quantitative estimate of drug-likeness (QED) is 0.493. The molecule has 3 N–H and O–H groups in total. The standard InChI is InChI=1S/C10H16N2O3S/c13-8(14)4-2-1-3-7-9-6(5-16-7)11-10(15)12-9/h6-7,9H,1-5H2,(H,13,14)(H2,11,12,15)/t6-,7-,9?/m0/s1. The van der Waals surface area contributed by atoms with Crippen LogP contribution in [0.5, 0.6) is 0 Å². The first-order valence-corrected chi connectivity index (χ1v) is 6.62. The van der Waals surface area contributed by atoms with E-state index in [-0.39, 0.29) is 24.5 Å². The van der Waals surface area contributed by atoms with Gasteiger partial charge in [-0.1, -0.05) is 6.42 Å². The lowest BCUT2D eigenvalue weighted by Gasteiger charge is -2.16. The second kappa shape index (κ2) is 4.95. The Kier molecular flexibility index (Phi) is 3.58. The van der Waals surface area contributed by atoms with Gasteiger partial charge in [-0.3, -0.25) is 4.79 Å². The molecule has 1 unspecified atom stereocenters. The number of unbranched alkanes of at least 4 members (excludes halogenated alkanes) is 1. The van der Waals surface area contributed by atoms with Crippen molar-refractivity contribution >= 4 is 23.8 Å². The number of fused-ring (bicyclic) bond motifs is 1. The average Bonchev–Trinajstić information content (AvgIpc) is 2.72. The molecule has 2 aliphatic heterocycles. The normalized spacial score (nSPS) is 32.0. The molecule has 2 fully saturated rings. The number of amides is 2. The van der Waals surface area contributed by atoms with Crippen LogP contribution in [0.3, 0.4) is 0 Å². The topological polar surface area (TPSA) is 78.4 Å². The summed E-state index contributed by atoms with van der Waals surface area (Å²) >= 11 is 1.87. The number of carboxylic acid groups (broad SMARTS) is 1. The number of carboxylic acids is 1. The molecule has 0 saturated carbocycles. The molecule has 2 saturated heterocycles. The summed E-state index contributed by atoms with van der Waals surface area (Å²) in [6.45, 7) is 0. The molecule has 90 valence electrons. The maximum atomic E-state index is 11.1. The van der Waals surface area contributed by atoms with Crippen molar-refractivity contribution < 1.29 is 14.7 Å². The van der Waals surface area contributed by atoms with E-state index in [1.165, 1.54) is 0 Å². The molecule has 2 rings (SSSR count). The van der Waals surface area contributed by atoms with Gasteiger partial charge in [0.15, 0.2) is 0 Å². The number of hydrogen-bond donors (Lipinski definition) is 3. The van der Waals surface area contributed by atoms with Gasteiger partial charge in [0.1, 0.15) is 0 Å². The van der Waals surface area contributed by atoms with Gasteiger partial charge in [0, 0.05) is 17.4 Å². The second-order valence-electron chi connectivity index (χ2n) is 4.26. The summed E-state index contributed by atoms with van der Waals surface area (Å²) in [7, 11) is 0. The summed E-state index contributed by atoms with van der Waals surface area (Å²) in [4.78, 5) is 21.5. The third-order valence-electron chi connectivity index (χ3n) is 3.07. The maximum Gasteiger partial charge on any atom is 0.315 e. The Bertz CT molecular complexity index is 298. The van der Waals surface area contributed by atoms with Gasteiger partial charge in [-0.05, 0) is 12.8 Å². The first kappa shape index (κ1) is 11.6. The van der Waals surface area contributed by atoms with Crippen molar-refractivity contribution in [2.45, 2.75) is 43.0 Å². The molecule has 5 nitrogen and oxygen atoms in total. The van der Waals surface area contributed by atoms with Crippen LogP contribution < -0.4 is 10.6 Å². The number of carbonyl (C=O) groups excluding carboxylic acids is 1. The van der Waals surface area contributed by atoms with Crippen molar-refractivity contribution in [3.8, 4) is 0 Å². The van der Waals surface area contributed by atoms with Crippen molar-refractivity contribution in [3.63, 3.8) is 0 Å². The number of nitrogens with one attached hydrogen (secondary N) is 2. The first-order chi connectivity index (χ1) is 7.66. The highest BCUT2D eigenvalue weighted by Gasteiger charge is 2.42. The Balaban J connectivity index is 1.70. The number of rotatable bonds is 5. The highest BCUT2D eigenvalue weighted by molar-refractivity contribution is 8.00. The number of carbonyl (C=O) groups is 2. The first-order valence-electron chi connectivity index (χ1n) is 5.57. The molecule has 0 aromatic heterocycles. The fourth-order valence-corrected chi connectivity index (χ4v) is 3.81. The second-order valence-corrected chi connectivity index (χ2v) is 5.53. The Labute approximate surface area is 98.4 Å². The minimum Gasteiger partial charge on any atom is -0.481 e. The zero-order chi connectivity index (χ0) is 11.5. The molecule has 0 aliphatic carbocycles. The van der Waals surface area contributed by atoms with E-state index in [9.17, 15) is 9.59 Å². The van der Waals surface area contributed by atoms with Crippen molar-refractivity contribution in [2.24, 2.45) is 0 Å². The van der Waals surface area contributed by atoms with Crippen molar-refractivity contribution in [2.75, 3.05) is 5.75 Å². The van der Waals surface area contributed by atoms with E-state index in [4.69, 9.17) is 5.11 Å². The predicted octanol–water partition coefficient (Wildman–Crippen LogP) is 0.797. The molecule has 2 amide bonds. The molecular weight excluding hydrogens is 228 g/mol. The monoisotopic (exact) mass is 244 g/mol. The molecule has 0 spiro atoms. The lowest BCUT2D eigenvalue weighted by Crippen LogP contribution is -2.36. The maximum absolute atomic E-state index is 11.1. The fraction of sp³-hybridized carbons (Fsp3) is 0.800. The molecule has 2 aliphatic rings. The average molecular weight is 244 g/mol. The van der Waals surface area contributed by atoms with E-state index in [1.54, 1.807) is 0 Å². The molecule has 16 heavy (non-hydrogen) atoms. The van der Waals surface area contributed by atoms with Crippen molar-refractivity contribution in [1.29, 1.82) is 0 Å². The Morgan fingerprint density at radius 1 is 1.44 bits per heavy atom. The van der Waals surface area contributed by atoms with Crippen LogP contribution in [-0.2, 0) is 4.79 Å². The lowest BCUT2D eigenvalue weighted by atomic mass is 10.0. The largest absolute Gasteiger partial charge is 0.481 e. The SMILES string of the molecule is O=C(O)CCCC[C@@H]1SC[C@@H]2NC(=O)NC21. The van der Waals surface area contributed by atoms with Crippen LogP contribution in [0.2, 0.25) is 0 Å². The fourth-order valence-electron chi connectivity index (χ4n) is 2.26. The van der Waals surface area contributed by atoms with Gasteiger partial charge in [-0.15, -0.1) is 0 Å². The Morgan fingerprint density at radius 2 is 2.25 bits per heavy atom. The van der Waals surface area contributed by atoms with Crippen molar-refractivity contribution in [1.82, 2.24) is 10.6 Å². The summed E-state index contributed by atoms with van der Waals surface area (Å²) < 4.78 is 0. The molecule has 0 aromatic carbocycles. The highest BCUT2D eigenvalue weighted by Crippen LogP contribution is 2.33. The number of urea groups is 1. The minimum atomic E-state index is -0.729.